The van der Waals surface area contributed by atoms with Crippen LogP contribution in [0.25, 0.3) is 16.7 Å². The van der Waals surface area contributed by atoms with Gasteiger partial charge in [-0.3, -0.25) is 19.1 Å². The van der Waals surface area contributed by atoms with Gasteiger partial charge in [-0.25, -0.2) is 14.6 Å². The van der Waals surface area contributed by atoms with Crippen LogP contribution in [0.5, 0.6) is 0 Å². The molecule has 0 bridgehead atoms. The van der Waals surface area contributed by atoms with Gasteiger partial charge in [0.05, 0.1) is 29.8 Å². The summed E-state index contributed by atoms with van der Waals surface area (Å²) >= 11 is 1.36. The quantitative estimate of drug-likeness (QED) is 0.398. The van der Waals surface area contributed by atoms with Crippen molar-refractivity contribution in [1.82, 2.24) is 24.3 Å². The molecule has 0 unspecified atom stereocenters. The van der Waals surface area contributed by atoms with Crippen molar-refractivity contribution in [3.05, 3.63) is 94.1 Å². The Morgan fingerprint density at radius 1 is 1.12 bits per heavy atom. The number of nitrogens with zero attached hydrogens (tertiary/aromatic N) is 6. The lowest BCUT2D eigenvalue weighted by atomic mass is 10.2. The summed E-state index contributed by atoms with van der Waals surface area (Å²) in [6.45, 7) is 3.73. The van der Waals surface area contributed by atoms with E-state index in [2.05, 4.69) is 15.1 Å². The first-order chi connectivity index (χ1) is 16.0. The number of amides is 1. The number of aromatic nitrogens is 5. The molecule has 1 amide bonds. The third kappa shape index (κ3) is 3.94. The van der Waals surface area contributed by atoms with Crippen molar-refractivity contribution in [2.24, 2.45) is 0 Å². The van der Waals surface area contributed by atoms with Gasteiger partial charge >= 0.3 is 0 Å². The minimum atomic E-state index is -0.196. The van der Waals surface area contributed by atoms with Crippen molar-refractivity contribution >= 4 is 39.1 Å². The number of benzene rings is 2. The number of thiazole rings is 1. The molecule has 5 aromatic rings. The van der Waals surface area contributed by atoms with E-state index in [1.165, 1.54) is 35.4 Å². The molecule has 8 nitrogen and oxygen atoms in total. The van der Waals surface area contributed by atoms with Gasteiger partial charge in [-0.15, -0.1) is 11.3 Å². The van der Waals surface area contributed by atoms with Crippen LogP contribution in [0, 0.1) is 6.92 Å². The Labute approximate surface area is 193 Å². The molecule has 0 atom stereocenters. The van der Waals surface area contributed by atoms with Crippen molar-refractivity contribution in [3.8, 4) is 5.69 Å². The number of hydrogen-bond donors (Lipinski definition) is 0. The highest BCUT2D eigenvalue weighted by Gasteiger charge is 2.19. The Morgan fingerprint density at radius 3 is 2.70 bits per heavy atom. The van der Waals surface area contributed by atoms with Gasteiger partial charge in [0.25, 0.3) is 5.56 Å². The molecule has 0 radical (unpaired) electrons. The standard InChI is InChI=1S/C24H20N6O2S/c1-16-7-6-10-20(11-16)29(17(2)31)24-27-18(14-33-24)13-28-15-25-22-21(23(28)32)12-26-30(22)19-8-4-3-5-9-19/h3-12,14-15H,13H2,1-2H3. The van der Waals surface area contributed by atoms with Crippen molar-refractivity contribution < 1.29 is 4.79 Å². The molecule has 3 aromatic heterocycles. The predicted octanol–water partition coefficient (Wildman–Crippen LogP) is 4.08. The lowest BCUT2D eigenvalue weighted by Crippen LogP contribution is -2.23. The highest BCUT2D eigenvalue weighted by Crippen LogP contribution is 2.29. The molecule has 0 spiro atoms. The van der Waals surface area contributed by atoms with Crippen LogP contribution in [-0.2, 0) is 11.3 Å². The van der Waals surface area contributed by atoms with Crippen molar-refractivity contribution in [2.75, 3.05) is 4.90 Å². The lowest BCUT2D eigenvalue weighted by Gasteiger charge is -2.18. The van der Waals surface area contributed by atoms with E-state index in [9.17, 15) is 9.59 Å². The topological polar surface area (TPSA) is 85.9 Å². The van der Waals surface area contributed by atoms with E-state index < -0.39 is 0 Å². The fraction of sp³-hybridized carbons (Fsp3) is 0.125. The van der Waals surface area contributed by atoms with Crippen molar-refractivity contribution in [2.45, 2.75) is 20.4 Å². The molecule has 0 saturated heterocycles. The second-order valence-corrected chi connectivity index (χ2v) is 8.46. The maximum absolute atomic E-state index is 13.1. The Bertz CT molecular complexity index is 1520. The summed E-state index contributed by atoms with van der Waals surface area (Å²) in [5, 5.41) is 7.19. The van der Waals surface area contributed by atoms with E-state index in [0.29, 0.717) is 21.9 Å². The van der Waals surface area contributed by atoms with Crippen LogP contribution >= 0.6 is 11.3 Å². The Balaban J connectivity index is 1.46. The maximum atomic E-state index is 13.1. The van der Waals surface area contributed by atoms with E-state index in [-0.39, 0.29) is 18.0 Å². The molecule has 33 heavy (non-hydrogen) atoms. The molecule has 0 aliphatic rings. The van der Waals surface area contributed by atoms with Crippen molar-refractivity contribution in [1.29, 1.82) is 0 Å². The largest absolute Gasteiger partial charge is 0.292 e. The van der Waals surface area contributed by atoms with E-state index in [1.807, 2.05) is 66.9 Å². The summed E-state index contributed by atoms with van der Waals surface area (Å²) in [4.78, 5) is 36.1. The van der Waals surface area contributed by atoms with Gasteiger partial charge < -0.3 is 0 Å². The van der Waals surface area contributed by atoms with Gasteiger partial charge in [0, 0.05) is 12.3 Å². The van der Waals surface area contributed by atoms with Crippen LogP contribution in [0.2, 0.25) is 0 Å². The van der Waals surface area contributed by atoms with Crippen LogP contribution in [0.1, 0.15) is 18.2 Å². The first-order valence-corrected chi connectivity index (χ1v) is 11.2. The molecule has 0 aliphatic carbocycles. The summed E-state index contributed by atoms with van der Waals surface area (Å²) in [6, 6.07) is 17.3. The molecule has 0 N–H and O–H groups in total. The Hall–Kier alpha value is -4.11. The fourth-order valence-corrected chi connectivity index (χ4v) is 4.54. The minimum Gasteiger partial charge on any atom is -0.292 e. The summed E-state index contributed by atoms with van der Waals surface area (Å²) in [7, 11) is 0. The molecule has 0 saturated carbocycles. The second kappa shape index (κ2) is 8.44. The number of para-hydroxylation sites is 1. The number of anilines is 2. The average molecular weight is 457 g/mol. The molecular weight excluding hydrogens is 436 g/mol. The van der Waals surface area contributed by atoms with Gasteiger partial charge in [0.1, 0.15) is 11.7 Å². The maximum Gasteiger partial charge on any atom is 0.264 e. The van der Waals surface area contributed by atoms with E-state index in [1.54, 1.807) is 9.58 Å². The third-order valence-corrected chi connectivity index (χ3v) is 6.07. The molecule has 3 heterocycles. The van der Waals surface area contributed by atoms with Gasteiger partial charge in [-0.2, -0.15) is 5.10 Å². The minimum absolute atomic E-state index is 0.130. The molecule has 2 aromatic carbocycles. The van der Waals surface area contributed by atoms with Crippen LogP contribution in [0.15, 0.2) is 77.3 Å². The van der Waals surface area contributed by atoms with Crippen LogP contribution in [0.3, 0.4) is 0 Å². The summed E-state index contributed by atoms with van der Waals surface area (Å²) in [6.07, 6.45) is 3.05. The normalized spacial score (nSPS) is 11.1. The zero-order valence-electron chi connectivity index (χ0n) is 18.0. The number of fused-ring (bicyclic) bond motifs is 1. The number of hydrogen-bond acceptors (Lipinski definition) is 6. The van der Waals surface area contributed by atoms with Gasteiger partial charge in [-0.1, -0.05) is 30.3 Å². The smallest absolute Gasteiger partial charge is 0.264 e. The van der Waals surface area contributed by atoms with E-state index >= 15 is 0 Å². The van der Waals surface area contributed by atoms with Gasteiger partial charge in [0.15, 0.2) is 10.8 Å². The van der Waals surface area contributed by atoms with Crippen LogP contribution in [0.4, 0.5) is 10.8 Å². The zero-order chi connectivity index (χ0) is 22.9. The third-order valence-electron chi connectivity index (χ3n) is 5.19. The predicted molar refractivity (Wildman–Crippen MR) is 128 cm³/mol. The lowest BCUT2D eigenvalue weighted by molar-refractivity contribution is -0.115. The monoisotopic (exact) mass is 456 g/mol. The summed E-state index contributed by atoms with van der Waals surface area (Å²) in [5.41, 5.74) is 3.63. The SMILES string of the molecule is CC(=O)N(c1cccc(C)c1)c1nc(Cn2cnc3c(cnn3-c3ccccc3)c2=O)cs1. The van der Waals surface area contributed by atoms with Gasteiger partial charge in [-0.05, 0) is 36.8 Å². The fourth-order valence-electron chi connectivity index (χ4n) is 3.66. The Morgan fingerprint density at radius 2 is 1.94 bits per heavy atom. The highest BCUT2D eigenvalue weighted by molar-refractivity contribution is 7.14. The van der Waals surface area contributed by atoms with Crippen LogP contribution in [-0.4, -0.2) is 30.2 Å². The second-order valence-electron chi connectivity index (χ2n) is 7.62. The molecule has 9 heteroatoms. The number of aryl methyl sites for hydroxylation is 1. The Kier molecular flexibility index (Phi) is 5.31. The number of carbonyl (C=O) groups is 1. The summed E-state index contributed by atoms with van der Waals surface area (Å²) in [5.74, 6) is -0.130. The number of carbonyl (C=O) groups excluding carboxylic acids is 1. The highest BCUT2D eigenvalue weighted by atomic mass is 32.1. The zero-order valence-corrected chi connectivity index (χ0v) is 18.9. The first kappa shape index (κ1) is 20.8. The van der Waals surface area contributed by atoms with E-state index in [0.717, 1.165) is 16.9 Å². The molecule has 164 valence electrons. The average Bonchev–Trinajstić information content (AvgIpc) is 3.44. The van der Waals surface area contributed by atoms with Crippen molar-refractivity contribution in [3.63, 3.8) is 0 Å². The molecule has 0 fully saturated rings. The molecule has 5 rings (SSSR count). The molecule has 0 aliphatic heterocycles. The summed E-state index contributed by atoms with van der Waals surface area (Å²) < 4.78 is 3.15. The van der Waals surface area contributed by atoms with Crippen LogP contribution < -0.4 is 10.5 Å². The van der Waals surface area contributed by atoms with Gasteiger partial charge in [0.2, 0.25) is 5.91 Å². The molecular formula is C24H20N6O2S. The van der Waals surface area contributed by atoms with E-state index in [4.69, 9.17) is 0 Å². The first-order valence-electron chi connectivity index (χ1n) is 10.3. The number of rotatable bonds is 5.